The maximum Gasteiger partial charge on any atom is 0.278 e. The number of hydrogen-bond acceptors (Lipinski definition) is 6. The minimum Gasteiger partial charge on any atom is -0.378 e. The molecule has 3 heterocycles. The molecule has 2 fully saturated rings. The number of amides is 1. The van der Waals surface area contributed by atoms with Gasteiger partial charge in [0.05, 0.1) is 46.8 Å². The average Bonchev–Trinajstić information content (AvgIpc) is 3.53. The lowest BCUT2D eigenvalue weighted by atomic mass is 10.1. The molecule has 4 aliphatic rings. The lowest BCUT2D eigenvalue weighted by Crippen LogP contribution is -2.43. The topological polar surface area (TPSA) is 66.1 Å². The molecule has 1 saturated heterocycles. The Kier molecular flexibility index (Phi) is 7.34. The monoisotopic (exact) mass is 666 g/mol. The molecule has 0 spiro atoms. The van der Waals surface area contributed by atoms with Gasteiger partial charge >= 0.3 is 0 Å². The van der Waals surface area contributed by atoms with E-state index in [1.165, 1.54) is 0 Å². The molecule has 1 aromatic rings. The second-order valence-electron chi connectivity index (χ2n) is 8.00. The third kappa shape index (κ3) is 5.28. The lowest BCUT2D eigenvalue weighted by molar-refractivity contribution is -0.129. The van der Waals surface area contributed by atoms with E-state index < -0.39 is 20.7 Å². The highest BCUT2D eigenvalue weighted by Gasteiger charge is 2.35. The third-order valence-corrected chi connectivity index (χ3v) is 9.60. The van der Waals surface area contributed by atoms with Gasteiger partial charge in [-0.25, -0.2) is 5.48 Å². The zero-order valence-electron chi connectivity index (χ0n) is 17.5. The molecule has 0 atom stereocenters. The number of ether oxygens (including phenoxy) is 1. The predicted molar refractivity (Wildman–Crippen MR) is 142 cm³/mol. The first kappa shape index (κ1) is 23.6. The van der Waals surface area contributed by atoms with Crippen molar-refractivity contribution >= 4 is 75.1 Å². The van der Waals surface area contributed by atoms with E-state index in [0.29, 0.717) is 52.8 Å². The molecular weight excluding hydrogens is 646 g/mol. The van der Waals surface area contributed by atoms with Crippen LogP contribution in [0.25, 0.3) is 0 Å². The second kappa shape index (κ2) is 10.2. The fourth-order valence-electron chi connectivity index (χ4n) is 3.60. The van der Waals surface area contributed by atoms with Crippen LogP contribution in [0.2, 0.25) is 5.02 Å². The first-order valence-electron chi connectivity index (χ1n) is 10.6. The van der Waals surface area contributed by atoms with Crippen LogP contribution in [0.3, 0.4) is 0 Å². The van der Waals surface area contributed by atoms with E-state index in [1.807, 2.05) is 23.2 Å². The van der Waals surface area contributed by atoms with E-state index >= 15 is 0 Å². The van der Waals surface area contributed by atoms with E-state index in [4.69, 9.17) is 32.8 Å². The van der Waals surface area contributed by atoms with Crippen molar-refractivity contribution in [1.29, 1.82) is 0 Å². The molecule has 11 heteroatoms. The normalized spacial score (nSPS) is 20.5. The number of rotatable bonds is 7. The molecule has 1 aliphatic carbocycles. The number of nitrogens with zero attached hydrogens (tertiary/aromatic N) is 2. The Bertz CT molecular complexity index is 1100. The van der Waals surface area contributed by atoms with Gasteiger partial charge in [0.2, 0.25) is 0 Å². The molecule has 0 aromatic heterocycles. The van der Waals surface area contributed by atoms with Gasteiger partial charge in [0, 0.05) is 27.8 Å². The Morgan fingerprint density at radius 1 is 1.27 bits per heavy atom. The SMILES string of the molecule is O=C(NOCC1CC1)C1=CN2C(N3CCOCC3)=CI=C2C(Cl)=C1Nc1ccc(Br)cc1Cl. The summed E-state index contributed by atoms with van der Waals surface area (Å²) in [7, 11) is 0. The number of carbonyl (C=O) groups is 1. The molecular formula is C22H22BrCl2IN4O3. The summed E-state index contributed by atoms with van der Waals surface area (Å²) in [4.78, 5) is 23.0. The molecule has 1 amide bonds. The molecule has 0 radical (unpaired) electrons. The number of anilines is 1. The fourth-order valence-corrected chi connectivity index (χ4v) is 7.33. The number of nitrogens with one attached hydrogen (secondary N) is 2. The van der Waals surface area contributed by atoms with Crippen molar-refractivity contribution in [2.24, 2.45) is 5.92 Å². The molecule has 5 rings (SSSR count). The quantitative estimate of drug-likeness (QED) is 0.320. The molecule has 3 aliphatic heterocycles. The van der Waals surface area contributed by atoms with Gasteiger partial charge in [0.15, 0.2) is 0 Å². The van der Waals surface area contributed by atoms with Gasteiger partial charge in [-0.2, -0.15) is 0 Å². The largest absolute Gasteiger partial charge is 0.378 e. The van der Waals surface area contributed by atoms with Crippen molar-refractivity contribution in [2.45, 2.75) is 12.8 Å². The number of carbonyl (C=O) groups excluding carboxylic acids is 1. The number of hydrogen-bond donors (Lipinski definition) is 2. The first-order valence-corrected chi connectivity index (χ1v) is 14.5. The second-order valence-corrected chi connectivity index (χ2v) is 12.0. The van der Waals surface area contributed by atoms with Gasteiger partial charge in [-0.1, -0.05) is 59.9 Å². The van der Waals surface area contributed by atoms with Gasteiger partial charge in [0.1, 0.15) is 9.45 Å². The number of morpholine rings is 1. The van der Waals surface area contributed by atoms with Crippen LogP contribution in [-0.2, 0) is 14.4 Å². The van der Waals surface area contributed by atoms with Crippen LogP contribution in [0.5, 0.6) is 0 Å². The molecule has 0 unspecified atom stereocenters. The summed E-state index contributed by atoms with van der Waals surface area (Å²) in [6.07, 6.45) is 4.13. The summed E-state index contributed by atoms with van der Waals surface area (Å²) in [6, 6.07) is 5.53. The average molecular weight is 668 g/mol. The van der Waals surface area contributed by atoms with Crippen LogP contribution in [0, 0.1) is 5.92 Å². The lowest BCUT2D eigenvalue weighted by Gasteiger charge is -2.36. The van der Waals surface area contributed by atoms with Crippen LogP contribution < -0.4 is 10.8 Å². The molecule has 1 aromatic carbocycles. The summed E-state index contributed by atoms with van der Waals surface area (Å²) in [5, 5.41) is 4.34. The predicted octanol–water partition coefficient (Wildman–Crippen LogP) is 4.87. The molecule has 0 bridgehead atoms. The summed E-state index contributed by atoms with van der Waals surface area (Å²) < 4.78 is 9.63. The van der Waals surface area contributed by atoms with Gasteiger partial charge in [-0.15, -0.1) is 0 Å². The highest BCUT2D eigenvalue weighted by molar-refractivity contribution is 14.2. The van der Waals surface area contributed by atoms with Crippen LogP contribution in [0.15, 0.2) is 55.1 Å². The first-order chi connectivity index (χ1) is 16.0. The summed E-state index contributed by atoms with van der Waals surface area (Å²) in [5.74, 6) is 1.24. The van der Waals surface area contributed by atoms with Crippen molar-refractivity contribution in [3.8, 4) is 0 Å². The Balaban J connectivity index is 1.44. The highest BCUT2D eigenvalue weighted by atomic mass is 127. The Labute approximate surface area is 220 Å². The van der Waals surface area contributed by atoms with Gasteiger partial charge in [-0.05, 0) is 37.0 Å². The van der Waals surface area contributed by atoms with E-state index in [1.54, 1.807) is 6.07 Å². The minimum absolute atomic E-state index is 0.352. The van der Waals surface area contributed by atoms with E-state index in [9.17, 15) is 4.79 Å². The minimum atomic E-state index is -0.474. The maximum absolute atomic E-state index is 13.2. The summed E-state index contributed by atoms with van der Waals surface area (Å²) in [5.41, 5.74) is 4.18. The Morgan fingerprint density at radius 3 is 2.79 bits per heavy atom. The van der Waals surface area contributed by atoms with Crippen molar-refractivity contribution in [3.63, 3.8) is 0 Å². The van der Waals surface area contributed by atoms with Crippen LogP contribution >= 0.6 is 59.9 Å². The van der Waals surface area contributed by atoms with Gasteiger partial charge < -0.3 is 15.0 Å². The smallest absolute Gasteiger partial charge is 0.278 e. The highest BCUT2D eigenvalue weighted by Crippen LogP contribution is 2.39. The van der Waals surface area contributed by atoms with E-state index in [0.717, 1.165) is 39.9 Å². The summed E-state index contributed by atoms with van der Waals surface area (Å²) >= 11 is 16.3. The van der Waals surface area contributed by atoms with Crippen molar-refractivity contribution in [1.82, 2.24) is 15.3 Å². The molecule has 7 nitrogen and oxygen atoms in total. The van der Waals surface area contributed by atoms with Gasteiger partial charge in [-0.3, -0.25) is 14.5 Å². The summed E-state index contributed by atoms with van der Waals surface area (Å²) in [6.45, 7) is 3.50. The Morgan fingerprint density at radius 2 is 2.06 bits per heavy atom. The van der Waals surface area contributed by atoms with Crippen LogP contribution in [0.4, 0.5) is 5.69 Å². The van der Waals surface area contributed by atoms with Gasteiger partial charge in [0.25, 0.3) is 5.91 Å². The number of benzene rings is 1. The molecule has 2 N–H and O–H groups in total. The van der Waals surface area contributed by atoms with Crippen molar-refractivity contribution < 1.29 is 14.4 Å². The standard InChI is InChI=1S/C22H22BrCl2IN4O3/c23-14-3-4-17(16(24)9-14)27-20-15(22(31)28-33-12-13-1-2-13)11-30-18(10-26-21(30)19(20)25)29-5-7-32-8-6-29/h3-4,9-11,13,27H,1-2,5-8,12H2,(H,28,31). The van der Waals surface area contributed by atoms with E-state index in [-0.39, 0.29) is 5.91 Å². The number of halogens is 4. The fraction of sp³-hybridized carbons (Fsp3) is 0.364. The molecule has 33 heavy (non-hydrogen) atoms. The van der Waals surface area contributed by atoms with Crippen molar-refractivity contribution in [3.05, 3.63) is 60.1 Å². The number of fused-ring (bicyclic) bond motifs is 1. The van der Waals surface area contributed by atoms with Crippen molar-refractivity contribution in [2.75, 3.05) is 38.2 Å². The molecule has 176 valence electrons. The third-order valence-electron chi connectivity index (χ3n) is 5.59. The molecule has 1 saturated carbocycles. The maximum atomic E-state index is 13.2. The number of hydroxylamine groups is 1. The zero-order chi connectivity index (χ0) is 22.9. The Hall–Kier alpha value is -1.11. The van der Waals surface area contributed by atoms with Crippen LogP contribution in [0.1, 0.15) is 12.8 Å². The zero-order valence-corrected chi connectivity index (χ0v) is 22.8. The van der Waals surface area contributed by atoms with Crippen LogP contribution in [-0.4, -0.2) is 52.2 Å². The van der Waals surface area contributed by atoms with E-state index in [2.05, 4.69) is 35.7 Å².